The second-order valence-electron chi connectivity index (χ2n) is 5.26. The van der Waals surface area contributed by atoms with Crippen LogP contribution in [0.3, 0.4) is 0 Å². The molecule has 1 atom stereocenters. The molecule has 1 unspecified atom stereocenters. The molecule has 0 amide bonds. The van der Waals surface area contributed by atoms with Gasteiger partial charge in [-0.1, -0.05) is 20.3 Å². The van der Waals surface area contributed by atoms with Crippen molar-refractivity contribution in [1.82, 2.24) is 4.90 Å². The molecule has 1 aliphatic carbocycles. The zero-order chi connectivity index (χ0) is 10.6. The maximum Gasteiger partial charge on any atom is 0.00923 e. The van der Waals surface area contributed by atoms with Gasteiger partial charge in [-0.05, 0) is 44.7 Å². The fourth-order valence-electron chi connectivity index (χ4n) is 2.30. The maximum atomic E-state index is 5.80. The normalized spacial score (nSPS) is 20.1. The zero-order valence-electron chi connectivity index (χ0n) is 10.00. The third-order valence-electron chi connectivity index (χ3n) is 3.38. The fraction of sp³-hybridized carbons (Fsp3) is 1.00. The Morgan fingerprint density at radius 2 is 2.00 bits per heavy atom. The lowest BCUT2D eigenvalue weighted by Crippen LogP contribution is -2.41. The van der Waals surface area contributed by atoms with E-state index in [0.29, 0.717) is 5.92 Å². The van der Waals surface area contributed by atoms with Gasteiger partial charge in [0.25, 0.3) is 0 Å². The van der Waals surface area contributed by atoms with E-state index < -0.39 is 0 Å². The lowest BCUT2D eigenvalue weighted by molar-refractivity contribution is 0.133. The molecule has 0 bridgehead atoms. The Hall–Kier alpha value is -0.0800. The Kier molecular flexibility index (Phi) is 4.90. The van der Waals surface area contributed by atoms with Crippen molar-refractivity contribution in [3.8, 4) is 0 Å². The fourth-order valence-corrected chi connectivity index (χ4v) is 2.30. The van der Waals surface area contributed by atoms with Crippen molar-refractivity contribution >= 4 is 0 Å². The van der Waals surface area contributed by atoms with Crippen LogP contribution in [0.25, 0.3) is 0 Å². The highest BCUT2D eigenvalue weighted by Crippen LogP contribution is 2.24. The van der Waals surface area contributed by atoms with Crippen molar-refractivity contribution in [2.24, 2.45) is 17.6 Å². The van der Waals surface area contributed by atoms with E-state index >= 15 is 0 Å². The molecule has 1 rings (SSSR count). The van der Waals surface area contributed by atoms with E-state index in [1.807, 2.05) is 0 Å². The van der Waals surface area contributed by atoms with Crippen molar-refractivity contribution < 1.29 is 0 Å². The molecule has 0 aromatic carbocycles. The van der Waals surface area contributed by atoms with Gasteiger partial charge in [0.15, 0.2) is 0 Å². The average molecular weight is 198 g/mol. The van der Waals surface area contributed by atoms with Gasteiger partial charge in [-0.3, -0.25) is 0 Å². The molecule has 1 aliphatic rings. The number of nitrogens with two attached hydrogens (primary N) is 1. The van der Waals surface area contributed by atoms with Crippen LogP contribution in [0.15, 0.2) is 0 Å². The minimum Gasteiger partial charge on any atom is -0.330 e. The summed E-state index contributed by atoms with van der Waals surface area (Å²) in [5.74, 6) is 1.47. The summed E-state index contributed by atoms with van der Waals surface area (Å²) in [7, 11) is 2.26. The van der Waals surface area contributed by atoms with Crippen LogP contribution in [-0.2, 0) is 0 Å². The molecule has 84 valence electrons. The van der Waals surface area contributed by atoms with Gasteiger partial charge < -0.3 is 10.6 Å². The Labute approximate surface area is 88.8 Å². The summed E-state index contributed by atoms with van der Waals surface area (Å²) >= 11 is 0. The van der Waals surface area contributed by atoms with Crippen molar-refractivity contribution in [1.29, 1.82) is 0 Å². The van der Waals surface area contributed by atoms with E-state index in [1.165, 1.54) is 32.2 Å². The third kappa shape index (κ3) is 3.58. The third-order valence-corrected chi connectivity index (χ3v) is 3.38. The Balaban J connectivity index is 2.23. The molecule has 2 heteroatoms. The molecule has 1 saturated carbocycles. The highest BCUT2D eigenvalue weighted by molar-refractivity contribution is 4.79. The predicted molar refractivity (Wildman–Crippen MR) is 62.3 cm³/mol. The standard InChI is InChI=1S/C12H26N2/c1-10(2)7-11(8-13)9-14(3)12-5-4-6-12/h10-12H,4-9,13H2,1-3H3. The van der Waals surface area contributed by atoms with Crippen LogP contribution in [0.5, 0.6) is 0 Å². The van der Waals surface area contributed by atoms with Crippen LogP contribution >= 0.6 is 0 Å². The second kappa shape index (κ2) is 5.72. The number of nitrogens with zero attached hydrogens (tertiary/aromatic N) is 1. The highest BCUT2D eigenvalue weighted by Gasteiger charge is 2.23. The van der Waals surface area contributed by atoms with E-state index in [4.69, 9.17) is 5.73 Å². The van der Waals surface area contributed by atoms with Crippen LogP contribution < -0.4 is 5.73 Å². The van der Waals surface area contributed by atoms with E-state index in [2.05, 4.69) is 25.8 Å². The maximum absolute atomic E-state index is 5.80. The van der Waals surface area contributed by atoms with Gasteiger partial charge in [0, 0.05) is 12.6 Å². The van der Waals surface area contributed by atoms with Gasteiger partial charge in [0.05, 0.1) is 0 Å². The SMILES string of the molecule is CC(C)CC(CN)CN(C)C1CCC1. The van der Waals surface area contributed by atoms with Gasteiger partial charge in [-0.25, -0.2) is 0 Å². The first-order chi connectivity index (χ1) is 6.63. The molecular weight excluding hydrogens is 172 g/mol. The smallest absolute Gasteiger partial charge is 0.00923 e. The molecular formula is C12H26N2. The number of hydrogen-bond acceptors (Lipinski definition) is 2. The van der Waals surface area contributed by atoms with Crippen molar-refractivity contribution in [2.75, 3.05) is 20.1 Å². The Bertz CT molecular complexity index is 152. The molecule has 0 aromatic rings. The summed E-state index contributed by atoms with van der Waals surface area (Å²) in [6.07, 6.45) is 5.49. The topological polar surface area (TPSA) is 29.3 Å². The molecule has 1 fully saturated rings. The van der Waals surface area contributed by atoms with Gasteiger partial charge in [0.1, 0.15) is 0 Å². The van der Waals surface area contributed by atoms with Crippen LogP contribution in [0.4, 0.5) is 0 Å². The summed E-state index contributed by atoms with van der Waals surface area (Å²) < 4.78 is 0. The highest BCUT2D eigenvalue weighted by atomic mass is 15.1. The summed E-state index contributed by atoms with van der Waals surface area (Å²) in [4.78, 5) is 2.52. The largest absolute Gasteiger partial charge is 0.330 e. The first kappa shape index (κ1) is 12.0. The van der Waals surface area contributed by atoms with Gasteiger partial charge in [0.2, 0.25) is 0 Å². The lowest BCUT2D eigenvalue weighted by atomic mass is 9.90. The lowest BCUT2D eigenvalue weighted by Gasteiger charge is -2.37. The van der Waals surface area contributed by atoms with Crippen LogP contribution in [-0.4, -0.2) is 31.1 Å². The summed E-state index contributed by atoms with van der Waals surface area (Å²) in [5, 5.41) is 0. The number of hydrogen-bond donors (Lipinski definition) is 1. The molecule has 0 radical (unpaired) electrons. The van der Waals surface area contributed by atoms with E-state index in [0.717, 1.165) is 18.5 Å². The summed E-state index contributed by atoms with van der Waals surface area (Å²) in [6.45, 7) is 6.60. The molecule has 0 heterocycles. The Morgan fingerprint density at radius 1 is 1.36 bits per heavy atom. The molecule has 2 N–H and O–H groups in total. The molecule has 0 aromatic heterocycles. The van der Waals surface area contributed by atoms with E-state index in [9.17, 15) is 0 Å². The predicted octanol–water partition coefficient (Wildman–Crippen LogP) is 2.09. The average Bonchev–Trinajstić information content (AvgIpc) is 1.98. The minimum absolute atomic E-state index is 0.695. The minimum atomic E-state index is 0.695. The van der Waals surface area contributed by atoms with Crippen molar-refractivity contribution in [3.05, 3.63) is 0 Å². The van der Waals surface area contributed by atoms with Gasteiger partial charge in [-0.2, -0.15) is 0 Å². The summed E-state index contributed by atoms with van der Waals surface area (Å²) in [5.41, 5.74) is 5.80. The molecule has 0 spiro atoms. The van der Waals surface area contributed by atoms with E-state index in [-0.39, 0.29) is 0 Å². The second-order valence-corrected chi connectivity index (χ2v) is 5.26. The van der Waals surface area contributed by atoms with Crippen molar-refractivity contribution in [2.45, 2.75) is 45.6 Å². The molecule has 0 aliphatic heterocycles. The zero-order valence-corrected chi connectivity index (χ0v) is 10.00. The number of rotatable bonds is 6. The first-order valence-corrected chi connectivity index (χ1v) is 6.03. The first-order valence-electron chi connectivity index (χ1n) is 6.03. The van der Waals surface area contributed by atoms with Gasteiger partial charge >= 0.3 is 0 Å². The Morgan fingerprint density at radius 3 is 2.36 bits per heavy atom. The summed E-state index contributed by atoms with van der Waals surface area (Å²) in [6, 6.07) is 0.858. The van der Waals surface area contributed by atoms with Crippen LogP contribution in [0, 0.1) is 11.8 Å². The molecule has 0 saturated heterocycles. The van der Waals surface area contributed by atoms with Crippen LogP contribution in [0.1, 0.15) is 39.5 Å². The monoisotopic (exact) mass is 198 g/mol. The van der Waals surface area contributed by atoms with E-state index in [1.54, 1.807) is 0 Å². The van der Waals surface area contributed by atoms with Crippen LogP contribution in [0.2, 0.25) is 0 Å². The van der Waals surface area contributed by atoms with Crippen molar-refractivity contribution in [3.63, 3.8) is 0 Å². The molecule has 2 nitrogen and oxygen atoms in total. The quantitative estimate of drug-likeness (QED) is 0.708. The molecule has 14 heavy (non-hydrogen) atoms. The van der Waals surface area contributed by atoms with Gasteiger partial charge in [-0.15, -0.1) is 0 Å².